The first-order valence-electron chi connectivity index (χ1n) is 8.15. The maximum absolute atomic E-state index is 12.3. The summed E-state index contributed by atoms with van der Waals surface area (Å²) in [6, 6.07) is -0.148. The molecule has 0 spiro atoms. The lowest BCUT2D eigenvalue weighted by atomic mass is 10.0. The number of rotatable bonds is 4. The van der Waals surface area contributed by atoms with Crippen molar-refractivity contribution in [3.05, 3.63) is 11.6 Å². The lowest BCUT2D eigenvalue weighted by Crippen LogP contribution is -2.43. The van der Waals surface area contributed by atoms with Crippen LogP contribution in [0.25, 0.3) is 0 Å². The molecule has 0 unspecified atom stereocenters. The molecular weight excluding hydrogens is 296 g/mol. The number of amides is 3. The SMILES string of the molecule is Cc1nc([C@H]2CCCCN2CCN2C(=O)NC(C)(C)C2=O)n[nH]1. The number of carbonyl (C=O) groups excluding carboxylic acids is 2. The highest BCUT2D eigenvalue weighted by Gasteiger charge is 2.44. The van der Waals surface area contributed by atoms with Crippen molar-refractivity contribution in [3.63, 3.8) is 0 Å². The summed E-state index contributed by atoms with van der Waals surface area (Å²) in [5, 5.41) is 9.89. The molecule has 126 valence electrons. The Balaban J connectivity index is 1.66. The number of H-pyrrole nitrogens is 1. The second kappa shape index (κ2) is 5.92. The van der Waals surface area contributed by atoms with Gasteiger partial charge in [0, 0.05) is 13.1 Å². The van der Waals surface area contributed by atoms with E-state index in [0.717, 1.165) is 37.5 Å². The molecule has 0 bridgehead atoms. The minimum Gasteiger partial charge on any atom is -0.324 e. The molecule has 23 heavy (non-hydrogen) atoms. The van der Waals surface area contributed by atoms with Gasteiger partial charge < -0.3 is 5.32 Å². The predicted octanol–water partition coefficient (Wildman–Crippen LogP) is 0.971. The van der Waals surface area contributed by atoms with Gasteiger partial charge in [-0.2, -0.15) is 5.10 Å². The van der Waals surface area contributed by atoms with Crippen LogP contribution in [0.1, 0.15) is 50.8 Å². The second-order valence-electron chi connectivity index (χ2n) is 6.84. The van der Waals surface area contributed by atoms with Crippen molar-refractivity contribution >= 4 is 11.9 Å². The van der Waals surface area contributed by atoms with Gasteiger partial charge in [-0.15, -0.1) is 0 Å². The fourth-order valence-corrected chi connectivity index (χ4v) is 3.31. The zero-order chi connectivity index (χ0) is 16.6. The van der Waals surface area contributed by atoms with Gasteiger partial charge in [-0.05, 0) is 40.2 Å². The zero-order valence-corrected chi connectivity index (χ0v) is 13.9. The molecule has 8 nitrogen and oxygen atoms in total. The van der Waals surface area contributed by atoms with Gasteiger partial charge in [0.25, 0.3) is 5.91 Å². The summed E-state index contributed by atoms with van der Waals surface area (Å²) in [6.07, 6.45) is 3.26. The van der Waals surface area contributed by atoms with Gasteiger partial charge in [0.15, 0.2) is 5.82 Å². The monoisotopic (exact) mass is 320 g/mol. The van der Waals surface area contributed by atoms with Crippen molar-refractivity contribution in [2.75, 3.05) is 19.6 Å². The number of nitrogens with zero attached hydrogens (tertiary/aromatic N) is 4. The molecule has 2 aliphatic rings. The standard InChI is InChI=1S/C15H24N6O2/c1-10-16-12(19-18-10)11-6-4-5-7-20(11)8-9-21-13(22)15(2,3)17-14(21)23/h11H,4-9H2,1-3H3,(H,17,23)(H,16,18,19)/t11-/m1/s1. The van der Waals surface area contributed by atoms with E-state index < -0.39 is 5.54 Å². The molecule has 0 radical (unpaired) electrons. The van der Waals surface area contributed by atoms with Crippen LogP contribution in [-0.4, -0.2) is 62.1 Å². The first-order chi connectivity index (χ1) is 10.9. The Hall–Kier alpha value is -1.96. The van der Waals surface area contributed by atoms with Crippen LogP contribution in [0.3, 0.4) is 0 Å². The summed E-state index contributed by atoms with van der Waals surface area (Å²) in [5.74, 6) is 1.45. The Morgan fingerprint density at radius 2 is 2.04 bits per heavy atom. The van der Waals surface area contributed by atoms with E-state index in [0.29, 0.717) is 13.1 Å². The van der Waals surface area contributed by atoms with E-state index in [2.05, 4.69) is 25.4 Å². The van der Waals surface area contributed by atoms with Gasteiger partial charge in [-0.1, -0.05) is 6.42 Å². The first-order valence-corrected chi connectivity index (χ1v) is 8.15. The highest BCUT2D eigenvalue weighted by atomic mass is 16.2. The normalized spacial score (nSPS) is 25.0. The summed E-state index contributed by atoms with van der Waals surface area (Å²) < 4.78 is 0. The fraction of sp³-hybridized carbons (Fsp3) is 0.733. The molecule has 3 amide bonds. The molecular formula is C15H24N6O2. The maximum Gasteiger partial charge on any atom is 0.325 e. The first kappa shape index (κ1) is 15.9. The second-order valence-corrected chi connectivity index (χ2v) is 6.84. The maximum atomic E-state index is 12.3. The molecule has 0 aliphatic carbocycles. The third kappa shape index (κ3) is 3.08. The van der Waals surface area contributed by atoms with Crippen LogP contribution < -0.4 is 5.32 Å². The number of piperidine rings is 1. The van der Waals surface area contributed by atoms with E-state index in [4.69, 9.17) is 0 Å². The van der Waals surface area contributed by atoms with Gasteiger partial charge in [0.05, 0.1) is 6.04 Å². The van der Waals surface area contributed by atoms with Crippen LogP contribution in [0.2, 0.25) is 0 Å². The van der Waals surface area contributed by atoms with E-state index in [1.54, 1.807) is 13.8 Å². The molecule has 1 aromatic rings. The number of carbonyl (C=O) groups is 2. The number of aromatic nitrogens is 3. The fourth-order valence-electron chi connectivity index (χ4n) is 3.31. The number of aryl methyl sites for hydroxylation is 1. The quantitative estimate of drug-likeness (QED) is 0.806. The lowest BCUT2D eigenvalue weighted by molar-refractivity contribution is -0.130. The molecule has 0 saturated carbocycles. The van der Waals surface area contributed by atoms with Crippen LogP contribution in [-0.2, 0) is 4.79 Å². The van der Waals surface area contributed by atoms with Crippen LogP contribution >= 0.6 is 0 Å². The molecule has 2 saturated heterocycles. The third-order valence-electron chi connectivity index (χ3n) is 4.58. The van der Waals surface area contributed by atoms with Gasteiger partial charge in [-0.3, -0.25) is 19.7 Å². The van der Waals surface area contributed by atoms with E-state index in [1.807, 2.05) is 6.92 Å². The number of nitrogens with one attached hydrogen (secondary N) is 2. The summed E-state index contributed by atoms with van der Waals surface area (Å²) in [7, 11) is 0. The number of hydrogen-bond acceptors (Lipinski definition) is 5. The topological polar surface area (TPSA) is 94.2 Å². The summed E-state index contributed by atoms with van der Waals surface area (Å²) in [5.41, 5.74) is -0.806. The highest BCUT2D eigenvalue weighted by Crippen LogP contribution is 2.28. The van der Waals surface area contributed by atoms with E-state index in [-0.39, 0.29) is 18.0 Å². The van der Waals surface area contributed by atoms with Crippen LogP contribution in [0, 0.1) is 6.92 Å². The number of likely N-dealkylation sites (tertiary alicyclic amines) is 1. The number of urea groups is 1. The van der Waals surface area contributed by atoms with Crippen molar-refractivity contribution in [2.24, 2.45) is 0 Å². The van der Waals surface area contributed by atoms with Gasteiger partial charge in [0.1, 0.15) is 11.4 Å². The van der Waals surface area contributed by atoms with Crippen molar-refractivity contribution in [1.82, 2.24) is 30.3 Å². The predicted molar refractivity (Wildman–Crippen MR) is 83.6 cm³/mol. The molecule has 2 aliphatic heterocycles. The van der Waals surface area contributed by atoms with E-state index in [9.17, 15) is 9.59 Å². The lowest BCUT2D eigenvalue weighted by Gasteiger charge is -2.34. The summed E-state index contributed by atoms with van der Waals surface area (Å²) >= 11 is 0. The molecule has 3 heterocycles. The van der Waals surface area contributed by atoms with Crippen molar-refractivity contribution < 1.29 is 9.59 Å². The smallest absolute Gasteiger partial charge is 0.324 e. The molecule has 3 rings (SSSR count). The minimum absolute atomic E-state index is 0.155. The average Bonchev–Trinajstić information content (AvgIpc) is 3.00. The molecule has 2 N–H and O–H groups in total. The molecule has 2 fully saturated rings. The number of aromatic amines is 1. The number of hydrogen-bond donors (Lipinski definition) is 2. The Labute approximate surface area is 135 Å². The van der Waals surface area contributed by atoms with Crippen molar-refractivity contribution in [1.29, 1.82) is 0 Å². The van der Waals surface area contributed by atoms with E-state index >= 15 is 0 Å². The minimum atomic E-state index is -0.806. The van der Waals surface area contributed by atoms with Crippen molar-refractivity contribution in [3.8, 4) is 0 Å². The molecule has 8 heteroatoms. The Kier molecular flexibility index (Phi) is 4.09. The molecule has 1 atom stereocenters. The van der Waals surface area contributed by atoms with Crippen molar-refractivity contribution in [2.45, 2.75) is 51.6 Å². The van der Waals surface area contributed by atoms with Gasteiger partial charge in [0.2, 0.25) is 0 Å². The molecule has 0 aromatic carbocycles. The largest absolute Gasteiger partial charge is 0.325 e. The van der Waals surface area contributed by atoms with Gasteiger partial charge in [-0.25, -0.2) is 9.78 Å². The Morgan fingerprint density at radius 1 is 1.26 bits per heavy atom. The Bertz CT molecular complexity index is 611. The third-order valence-corrected chi connectivity index (χ3v) is 4.58. The van der Waals surface area contributed by atoms with E-state index in [1.165, 1.54) is 4.90 Å². The Morgan fingerprint density at radius 3 is 2.65 bits per heavy atom. The average molecular weight is 320 g/mol. The van der Waals surface area contributed by atoms with Crippen LogP contribution in [0.4, 0.5) is 4.79 Å². The summed E-state index contributed by atoms with van der Waals surface area (Å²) in [6.45, 7) is 7.33. The summed E-state index contributed by atoms with van der Waals surface area (Å²) in [4.78, 5) is 32.3. The zero-order valence-electron chi connectivity index (χ0n) is 13.9. The van der Waals surface area contributed by atoms with Crippen LogP contribution in [0.5, 0.6) is 0 Å². The van der Waals surface area contributed by atoms with Crippen LogP contribution in [0.15, 0.2) is 0 Å². The molecule has 1 aromatic heterocycles. The highest BCUT2D eigenvalue weighted by molar-refractivity contribution is 6.06. The van der Waals surface area contributed by atoms with Gasteiger partial charge >= 0.3 is 6.03 Å². The number of imide groups is 1.